The molecule has 1 aliphatic rings. The van der Waals surface area contributed by atoms with Gasteiger partial charge >= 0.3 is 0 Å². The molecule has 0 bridgehead atoms. The van der Waals surface area contributed by atoms with Crippen molar-refractivity contribution in [3.63, 3.8) is 0 Å². The number of nitrogens with zero attached hydrogens (tertiary/aromatic N) is 2. The molecule has 0 saturated carbocycles. The largest absolute Gasteiger partial charge is 0.493 e. The maximum Gasteiger partial charge on any atom is 0.191 e. The van der Waals surface area contributed by atoms with Crippen molar-refractivity contribution in [1.82, 2.24) is 15.5 Å². The lowest BCUT2D eigenvalue weighted by Crippen LogP contribution is -2.40. The van der Waals surface area contributed by atoms with Gasteiger partial charge in [0.1, 0.15) is 5.75 Å². The minimum absolute atomic E-state index is 0. The molecule has 7 heteroatoms. The zero-order chi connectivity index (χ0) is 19.5. The number of hydrogen-bond donors (Lipinski definition) is 2. The van der Waals surface area contributed by atoms with Crippen LogP contribution in [0.25, 0.3) is 0 Å². The van der Waals surface area contributed by atoms with Crippen molar-refractivity contribution in [2.45, 2.75) is 33.2 Å². The number of hydrogen-bond acceptors (Lipinski definition) is 4. The summed E-state index contributed by atoms with van der Waals surface area (Å²) in [4.78, 5) is 7.16. The van der Waals surface area contributed by atoms with Crippen molar-refractivity contribution in [3.05, 3.63) is 29.3 Å². The van der Waals surface area contributed by atoms with Crippen molar-refractivity contribution in [3.8, 4) is 5.75 Å². The van der Waals surface area contributed by atoms with Gasteiger partial charge in [-0.15, -0.1) is 24.0 Å². The number of rotatable bonds is 10. The first-order valence-corrected chi connectivity index (χ1v) is 10.0. The highest BCUT2D eigenvalue weighted by atomic mass is 127. The van der Waals surface area contributed by atoms with Gasteiger partial charge < -0.3 is 25.0 Å². The van der Waals surface area contributed by atoms with Gasteiger partial charge in [-0.1, -0.05) is 12.1 Å². The Morgan fingerprint density at radius 1 is 1.29 bits per heavy atom. The number of halogens is 1. The highest BCUT2D eigenvalue weighted by Crippen LogP contribution is 2.21. The molecule has 6 nitrogen and oxygen atoms in total. The lowest BCUT2D eigenvalue weighted by atomic mass is 10.1. The van der Waals surface area contributed by atoms with E-state index in [1.807, 2.05) is 0 Å². The van der Waals surface area contributed by atoms with Gasteiger partial charge in [0.25, 0.3) is 0 Å². The van der Waals surface area contributed by atoms with Crippen molar-refractivity contribution >= 4 is 29.9 Å². The minimum Gasteiger partial charge on any atom is -0.493 e. The number of aliphatic imine (C=N–C) groups is 1. The SMILES string of the molecule is CCNC(=NCc1ccc(C)cc1OCCCOC)NCC1CCN(C)C1.I. The van der Waals surface area contributed by atoms with E-state index in [1.54, 1.807) is 7.11 Å². The predicted molar refractivity (Wildman–Crippen MR) is 127 cm³/mol. The van der Waals surface area contributed by atoms with E-state index >= 15 is 0 Å². The summed E-state index contributed by atoms with van der Waals surface area (Å²) in [6, 6.07) is 6.31. The maximum atomic E-state index is 5.97. The Hall–Kier alpha value is -1.06. The van der Waals surface area contributed by atoms with Crippen LogP contribution in [0.2, 0.25) is 0 Å². The van der Waals surface area contributed by atoms with E-state index < -0.39 is 0 Å². The van der Waals surface area contributed by atoms with E-state index in [-0.39, 0.29) is 24.0 Å². The number of ether oxygens (including phenoxy) is 2. The highest BCUT2D eigenvalue weighted by molar-refractivity contribution is 14.0. The number of methoxy groups -OCH3 is 1. The summed E-state index contributed by atoms with van der Waals surface area (Å²) in [7, 11) is 3.90. The minimum atomic E-state index is 0. The van der Waals surface area contributed by atoms with Crippen molar-refractivity contribution in [2.75, 3.05) is 53.6 Å². The Labute approximate surface area is 187 Å². The fourth-order valence-electron chi connectivity index (χ4n) is 3.25. The summed E-state index contributed by atoms with van der Waals surface area (Å²) in [5.74, 6) is 2.49. The molecular formula is C21H37IN4O2. The van der Waals surface area contributed by atoms with Crippen LogP contribution in [-0.2, 0) is 11.3 Å². The Kier molecular flexibility index (Phi) is 12.5. The molecule has 0 aliphatic carbocycles. The second kappa shape index (κ2) is 14.0. The Bertz CT molecular complexity index is 598. The van der Waals surface area contributed by atoms with Crippen molar-refractivity contribution in [1.29, 1.82) is 0 Å². The van der Waals surface area contributed by atoms with Crippen LogP contribution in [0, 0.1) is 12.8 Å². The predicted octanol–water partition coefficient (Wildman–Crippen LogP) is 3.04. The third-order valence-electron chi connectivity index (χ3n) is 4.77. The number of likely N-dealkylation sites (tertiary alicyclic amines) is 1. The van der Waals surface area contributed by atoms with E-state index in [4.69, 9.17) is 14.5 Å². The summed E-state index contributed by atoms with van der Waals surface area (Å²) in [6.07, 6.45) is 2.13. The second-order valence-corrected chi connectivity index (χ2v) is 7.30. The molecule has 1 heterocycles. The first-order valence-electron chi connectivity index (χ1n) is 10.0. The summed E-state index contributed by atoms with van der Waals surface area (Å²) in [5, 5.41) is 6.85. The van der Waals surface area contributed by atoms with E-state index in [0.717, 1.165) is 43.3 Å². The molecule has 1 saturated heterocycles. The standard InChI is InChI=1S/C21H36N4O2.HI/c1-5-22-21(23-14-18-9-10-25(3)16-18)24-15-19-8-7-17(2)13-20(19)27-12-6-11-26-4;/h7-8,13,18H,5-6,9-12,14-16H2,1-4H3,(H2,22,23,24);1H. The average molecular weight is 504 g/mol. The third kappa shape index (κ3) is 8.96. The summed E-state index contributed by atoms with van der Waals surface area (Å²) < 4.78 is 11.1. The molecule has 0 amide bonds. The van der Waals surface area contributed by atoms with Gasteiger partial charge in [-0.05, 0) is 51.4 Å². The molecular weight excluding hydrogens is 467 g/mol. The Morgan fingerprint density at radius 3 is 2.79 bits per heavy atom. The monoisotopic (exact) mass is 504 g/mol. The van der Waals surface area contributed by atoms with Gasteiger partial charge in [-0.25, -0.2) is 4.99 Å². The summed E-state index contributed by atoms with van der Waals surface area (Å²) in [5.41, 5.74) is 2.30. The average Bonchev–Trinajstić information content (AvgIpc) is 3.07. The van der Waals surface area contributed by atoms with Crippen LogP contribution in [0.4, 0.5) is 0 Å². The summed E-state index contributed by atoms with van der Waals surface area (Å²) >= 11 is 0. The molecule has 0 aromatic heterocycles. The molecule has 1 aromatic carbocycles. The fourth-order valence-corrected chi connectivity index (χ4v) is 3.25. The van der Waals surface area contributed by atoms with E-state index in [0.29, 0.717) is 25.7 Å². The molecule has 1 atom stereocenters. The number of nitrogens with one attached hydrogen (secondary N) is 2. The van der Waals surface area contributed by atoms with Crippen molar-refractivity contribution in [2.24, 2.45) is 10.9 Å². The molecule has 160 valence electrons. The first-order chi connectivity index (χ1) is 13.1. The van der Waals surface area contributed by atoms with Gasteiger partial charge in [0.15, 0.2) is 5.96 Å². The topological polar surface area (TPSA) is 58.1 Å². The Morgan fingerprint density at radius 2 is 2.11 bits per heavy atom. The molecule has 0 spiro atoms. The van der Waals surface area contributed by atoms with Crippen LogP contribution < -0.4 is 15.4 Å². The normalized spacial score (nSPS) is 17.3. The highest BCUT2D eigenvalue weighted by Gasteiger charge is 2.19. The number of aryl methyl sites for hydroxylation is 1. The van der Waals surface area contributed by atoms with Gasteiger partial charge in [-0.3, -0.25) is 0 Å². The maximum absolute atomic E-state index is 5.97. The third-order valence-corrected chi connectivity index (χ3v) is 4.77. The van der Waals surface area contributed by atoms with E-state index in [2.05, 4.69) is 54.6 Å². The van der Waals surface area contributed by atoms with Gasteiger partial charge in [0, 0.05) is 45.3 Å². The lowest BCUT2D eigenvalue weighted by Gasteiger charge is -2.16. The molecule has 1 unspecified atom stereocenters. The molecule has 0 radical (unpaired) electrons. The molecule has 2 rings (SSSR count). The van der Waals surface area contributed by atoms with Gasteiger partial charge in [-0.2, -0.15) is 0 Å². The molecule has 28 heavy (non-hydrogen) atoms. The Balaban J connectivity index is 0.00000392. The van der Waals surface area contributed by atoms with Crippen LogP contribution in [0.3, 0.4) is 0 Å². The first kappa shape index (κ1) is 25.0. The van der Waals surface area contributed by atoms with E-state index in [9.17, 15) is 0 Å². The fraction of sp³-hybridized carbons (Fsp3) is 0.667. The second-order valence-electron chi connectivity index (χ2n) is 7.30. The molecule has 1 aromatic rings. The molecule has 1 aliphatic heterocycles. The van der Waals surface area contributed by atoms with E-state index in [1.165, 1.54) is 18.5 Å². The molecule has 2 N–H and O–H groups in total. The van der Waals surface area contributed by atoms with Crippen LogP contribution in [0.5, 0.6) is 5.75 Å². The van der Waals surface area contributed by atoms with Gasteiger partial charge in [0.05, 0.1) is 13.2 Å². The van der Waals surface area contributed by atoms with Gasteiger partial charge in [0.2, 0.25) is 0 Å². The molecule has 1 fully saturated rings. The smallest absolute Gasteiger partial charge is 0.191 e. The summed E-state index contributed by atoms with van der Waals surface area (Å²) in [6.45, 7) is 10.3. The number of benzene rings is 1. The lowest BCUT2D eigenvalue weighted by molar-refractivity contribution is 0.172. The zero-order valence-corrected chi connectivity index (χ0v) is 20.1. The quantitative estimate of drug-likeness (QED) is 0.222. The van der Waals surface area contributed by atoms with Crippen LogP contribution >= 0.6 is 24.0 Å². The number of guanidine groups is 1. The van der Waals surface area contributed by atoms with Crippen LogP contribution in [0.15, 0.2) is 23.2 Å². The van der Waals surface area contributed by atoms with Crippen molar-refractivity contribution < 1.29 is 9.47 Å². The van der Waals surface area contributed by atoms with Crippen LogP contribution in [-0.4, -0.2) is 64.4 Å². The van der Waals surface area contributed by atoms with Crippen LogP contribution in [0.1, 0.15) is 30.9 Å². The zero-order valence-electron chi connectivity index (χ0n) is 17.8.